The van der Waals surface area contributed by atoms with E-state index in [0.29, 0.717) is 30.6 Å². The van der Waals surface area contributed by atoms with Crippen LogP contribution in [-0.2, 0) is 14.4 Å². The Hall–Kier alpha value is -3.61. The Morgan fingerprint density at radius 1 is 1.10 bits per heavy atom. The summed E-state index contributed by atoms with van der Waals surface area (Å²) < 4.78 is 11.7. The highest BCUT2D eigenvalue weighted by molar-refractivity contribution is 14.1. The standard InChI is InChI=1S/C27H20Cl2IN3O6/c1-14-6-7-17(12-20(14)29)31-23(34)13-39-24-21(30)9-15(10-22(24)38-2)8-19-25(35)32-27(37)33(26(19)36)18-5-3-4-16(28)11-18/h3-12H,13H2,1-2H3,(H,31,34)(H,32,35,37)/b19-8+. The molecule has 0 atom stereocenters. The van der Waals surface area contributed by atoms with Crippen LogP contribution in [0, 0.1) is 10.5 Å². The number of anilines is 2. The molecule has 12 heteroatoms. The number of carbonyl (C=O) groups excluding carboxylic acids is 4. The number of carbonyl (C=O) groups is 4. The van der Waals surface area contributed by atoms with Crippen LogP contribution in [0.1, 0.15) is 11.1 Å². The molecule has 1 fully saturated rings. The van der Waals surface area contributed by atoms with Crippen molar-refractivity contribution in [3.63, 3.8) is 0 Å². The van der Waals surface area contributed by atoms with Crippen LogP contribution in [0.3, 0.4) is 0 Å². The van der Waals surface area contributed by atoms with E-state index in [1.807, 2.05) is 29.5 Å². The van der Waals surface area contributed by atoms with Crippen LogP contribution in [-0.4, -0.2) is 37.5 Å². The number of halogens is 3. The molecule has 0 spiro atoms. The quantitative estimate of drug-likeness (QED) is 0.191. The van der Waals surface area contributed by atoms with Crippen molar-refractivity contribution in [2.24, 2.45) is 0 Å². The molecule has 200 valence electrons. The van der Waals surface area contributed by atoms with Gasteiger partial charge < -0.3 is 14.8 Å². The van der Waals surface area contributed by atoms with Gasteiger partial charge in [-0.15, -0.1) is 0 Å². The van der Waals surface area contributed by atoms with Gasteiger partial charge in [-0.25, -0.2) is 9.69 Å². The lowest BCUT2D eigenvalue weighted by atomic mass is 10.1. The lowest BCUT2D eigenvalue weighted by Gasteiger charge is -2.26. The smallest absolute Gasteiger partial charge is 0.335 e. The molecule has 1 aliphatic rings. The van der Waals surface area contributed by atoms with Crippen LogP contribution in [0.2, 0.25) is 10.0 Å². The molecule has 9 nitrogen and oxygen atoms in total. The molecule has 1 heterocycles. The zero-order valence-electron chi connectivity index (χ0n) is 20.5. The Morgan fingerprint density at radius 2 is 1.87 bits per heavy atom. The zero-order chi connectivity index (χ0) is 28.3. The van der Waals surface area contributed by atoms with Crippen molar-refractivity contribution in [3.05, 3.63) is 84.9 Å². The fraction of sp³-hybridized carbons (Fsp3) is 0.111. The van der Waals surface area contributed by atoms with Crippen molar-refractivity contribution < 1.29 is 28.7 Å². The minimum Gasteiger partial charge on any atom is -0.493 e. The second-order valence-electron chi connectivity index (χ2n) is 8.27. The largest absolute Gasteiger partial charge is 0.493 e. The highest BCUT2D eigenvalue weighted by Crippen LogP contribution is 2.35. The van der Waals surface area contributed by atoms with E-state index in [0.717, 1.165) is 10.5 Å². The second-order valence-corrected chi connectivity index (χ2v) is 10.3. The number of methoxy groups -OCH3 is 1. The first-order valence-electron chi connectivity index (χ1n) is 11.3. The van der Waals surface area contributed by atoms with Crippen LogP contribution in [0.15, 0.2) is 60.2 Å². The summed E-state index contributed by atoms with van der Waals surface area (Å²) >= 11 is 14.1. The molecule has 0 bridgehead atoms. The second kappa shape index (κ2) is 12.1. The van der Waals surface area contributed by atoms with Crippen LogP contribution < -0.4 is 25.0 Å². The number of rotatable bonds is 7. The molecule has 39 heavy (non-hydrogen) atoms. The molecule has 4 rings (SSSR count). The number of hydrogen-bond donors (Lipinski definition) is 2. The van der Waals surface area contributed by atoms with E-state index in [1.54, 1.807) is 42.5 Å². The zero-order valence-corrected chi connectivity index (χ0v) is 24.2. The number of nitrogens with one attached hydrogen (secondary N) is 2. The Morgan fingerprint density at radius 3 is 2.56 bits per heavy atom. The number of aryl methyl sites for hydroxylation is 1. The number of imide groups is 2. The third-order valence-electron chi connectivity index (χ3n) is 5.53. The summed E-state index contributed by atoms with van der Waals surface area (Å²) in [4.78, 5) is 51.4. The van der Waals surface area contributed by atoms with Crippen LogP contribution in [0.25, 0.3) is 6.08 Å². The van der Waals surface area contributed by atoms with Gasteiger partial charge in [-0.1, -0.05) is 35.3 Å². The molecular weight excluding hydrogens is 660 g/mol. The summed E-state index contributed by atoms with van der Waals surface area (Å²) in [5.74, 6) is -1.49. The summed E-state index contributed by atoms with van der Waals surface area (Å²) in [6, 6.07) is 13.6. The number of nitrogens with zero attached hydrogens (tertiary/aromatic N) is 1. The molecule has 0 aliphatic carbocycles. The number of ether oxygens (including phenoxy) is 2. The van der Waals surface area contributed by atoms with Crippen molar-refractivity contribution >= 4 is 87.0 Å². The lowest BCUT2D eigenvalue weighted by Crippen LogP contribution is -2.54. The van der Waals surface area contributed by atoms with E-state index in [9.17, 15) is 19.2 Å². The number of barbiturate groups is 1. The average molecular weight is 680 g/mol. The van der Waals surface area contributed by atoms with Crippen molar-refractivity contribution in [1.29, 1.82) is 0 Å². The Kier molecular flexibility index (Phi) is 8.78. The average Bonchev–Trinajstić information content (AvgIpc) is 2.87. The highest BCUT2D eigenvalue weighted by atomic mass is 127. The molecule has 1 saturated heterocycles. The number of urea groups is 1. The predicted molar refractivity (Wildman–Crippen MR) is 156 cm³/mol. The van der Waals surface area contributed by atoms with Gasteiger partial charge in [0.1, 0.15) is 5.57 Å². The monoisotopic (exact) mass is 679 g/mol. The van der Waals surface area contributed by atoms with E-state index in [-0.39, 0.29) is 23.6 Å². The van der Waals surface area contributed by atoms with Crippen LogP contribution in [0.4, 0.5) is 16.2 Å². The van der Waals surface area contributed by atoms with Gasteiger partial charge in [0.2, 0.25) is 0 Å². The maximum absolute atomic E-state index is 13.2. The Balaban J connectivity index is 1.55. The summed E-state index contributed by atoms with van der Waals surface area (Å²) in [5, 5.41) is 5.73. The first-order chi connectivity index (χ1) is 18.6. The first-order valence-corrected chi connectivity index (χ1v) is 13.1. The molecule has 0 unspecified atom stereocenters. The highest BCUT2D eigenvalue weighted by Gasteiger charge is 2.37. The van der Waals surface area contributed by atoms with Gasteiger partial charge in [-0.3, -0.25) is 19.7 Å². The summed E-state index contributed by atoms with van der Waals surface area (Å²) in [7, 11) is 1.42. The minimum absolute atomic E-state index is 0.213. The molecule has 0 radical (unpaired) electrons. The van der Waals surface area contributed by atoms with Gasteiger partial charge in [0, 0.05) is 15.7 Å². The Labute approximate surface area is 247 Å². The van der Waals surface area contributed by atoms with Gasteiger partial charge in [0.15, 0.2) is 18.1 Å². The molecule has 0 aromatic heterocycles. The van der Waals surface area contributed by atoms with E-state index < -0.39 is 23.8 Å². The van der Waals surface area contributed by atoms with E-state index in [1.165, 1.54) is 25.3 Å². The van der Waals surface area contributed by atoms with E-state index in [2.05, 4.69) is 10.6 Å². The molecule has 5 amide bonds. The van der Waals surface area contributed by atoms with Gasteiger partial charge in [-0.2, -0.15) is 0 Å². The third-order valence-corrected chi connectivity index (χ3v) is 6.98. The molecule has 1 aliphatic heterocycles. The van der Waals surface area contributed by atoms with E-state index >= 15 is 0 Å². The molecule has 2 N–H and O–H groups in total. The first kappa shape index (κ1) is 28.4. The number of benzene rings is 3. The van der Waals surface area contributed by atoms with Crippen LogP contribution >= 0.6 is 45.8 Å². The predicted octanol–water partition coefficient (Wildman–Crippen LogP) is 5.60. The SMILES string of the molecule is COc1cc(/C=C2\C(=O)NC(=O)N(c3cccc(Cl)c3)C2=O)cc(I)c1OCC(=O)Nc1ccc(C)c(Cl)c1. The van der Waals surface area contributed by atoms with E-state index in [4.69, 9.17) is 32.7 Å². The maximum Gasteiger partial charge on any atom is 0.335 e. The Bertz CT molecular complexity index is 1540. The fourth-order valence-corrected chi connectivity index (χ4v) is 4.79. The topological polar surface area (TPSA) is 114 Å². The number of hydrogen-bond acceptors (Lipinski definition) is 6. The normalized spacial score (nSPS) is 14.3. The van der Waals surface area contributed by atoms with Gasteiger partial charge >= 0.3 is 6.03 Å². The summed E-state index contributed by atoms with van der Waals surface area (Å²) in [6.45, 7) is 1.55. The van der Waals surface area contributed by atoms with Crippen LogP contribution in [0.5, 0.6) is 11.5 Å². The number of amides is 5. The van der Waals surface area contributed by atoms with Crippen molar-refractivity contribution in [2.75, 3.05) is 23.9 Å². The summed E-state index contributed by atoms with van der Waals surface area (Å²) in [5.41, 5.74) is 1.80. The minimum atomic E-state index is -0.883. The van der Waals surface area contributed by atoms with Crippen molar-refractivity contribution in [1.82, 2.24) is 5.32 Å². The van der Waals surface area contributed by atoms with Gasteiger partial charge in [0.25, 0.3) is 17.7 Å². The molecule has 3 aromatic carbocycles. The summed E-state index contributed by atoms with van der Waals surface area (Å²) in [6.07, 6.45) is 1.34. The molecule has 3 aromatic rings. The lowest BCUT2D eigenvalue weighted by molar-refractivity contribution is -0.122. The van der Waals surface area contributed by atoms with Crippen molar-refractivity contribution in [3.8, 4) is 11.5 Å². The molecular formula is C27H20Cl2IN3O6. The maximum atomic E-state index is 13.2. The van der Waals surface area contributed by atoms with Crippen molar-refractivity contribution in [2.45, 2.75) is 6.92 Å². The fourth-order valence-electron chi connectivity index (χ4n) is 3.64. The van der Waals surface area contributed by atoms with Gasteiger partial charge in [0.05, 0.1) is 16.4 Å². The third kappa shape index (κ3) is 6.52. The molecule has 0 saturated carbocycles. The van der Waals surface area contributed by atoms with Gasteiger partial charge in [-0.05, 0) is 89.2 Å².